The fourth-order valence-electron chi connectivity index (χ4n) is 2.95. The lowest BCUT2D eigenvalue weighted by molar-refractivity contribution is -0.121. The normalized spacial score (nSPS) is 10.7. The Morgan fingerprint density at radius 3 is 2.38 bits per heavy atom. The molecule has 24 heavy (non-hydrogen) atoms. The van der Waals surface area contributed by atoms with E-state index < -0.39 is 0 Å². The molecule has 3 heteroatoms. The van der Waals surface area contributed by atoms with E-state index in [9.17, 15) is 9.59 Å². The maximum atomic E-state index is 11.9. The molecule has 2 rings (SSSR count). The molecule has 0 aliphatic heterocycles. The predicted molar refractivity (Wildman–Crippen MR) is 99.0 cm³/mol. The van der Waals surface area contributed by atoms with Crippen molar-refractivity contribution in [2.24, 2.45) is 0 Å². The third kappa shape index (κ3) is 6.15. The average molecular weight is 325 g/mol. The van der Waals surface area contributed by atoms with Gasteiger partial charge >= 0.3 is 0 Å². The van der Waals surface area contributed by atoms with Crippen molar-refractivity contribution in [2.75, 3.05) is 6.54 Å². The topological polar surface area (TPSA) is 46.2 Å². The molecule has 0 heterocycles. The van der Waals surface area contributed by atoms with Gasteiger partial charge in [0.2, 0.25) is 5.91 Å². The van der Waals surface area contributed by atoms with E-state index in [0.29, 0.717) is 19.4 Å². The minimum Gasteiger partial charge on any atom is -0.356 e. The fourth-order valence-corrected chi connectivity index (χ4v) is 2.95. The van der Waals surface area contributed by atoms with Gasteiger partial charge in [-0.3, -0.25) is 4.79 Å². The zero-order valence-corrected chi connectivity index (χ0v) is 14.5. The van der Waals surface area contributed by atoms with E-state index in [2.05, 4.69) is 41.7 Å². The highest BCUT2D eigenvalue weighted by Gasteiger charge is 2.03. The summed E-state index contributed by atoms with van der Waals surface area (Å²) in [5.74, 6) is 0.378. The van der Waals surface area contributed by atoms with Crippen LogP contribution in [0.3, 0.4) is 0 Å². The second-order valence-electron chi connectivity index (χ2n) is 6.35. The lowest BCUT2D eigenvalue weighted by atomic mass is 10.0. The number of nitrogens with one attached hydrogen (secondary N) is 1. The summed E-state index contributed by atoms with van der Waals surface area (Å²) in [5, 5.41) is 5.52. The molecule has 0 aromatic heterocycles. The number of unbranched alkanes of at least 4 members (excludes halogenated alkanes) is 3. The number of Topliss-reactive ketones (excluding diaryl/α,β-unsaturated/α-hetero) is 1. The molecule has 3 nitrogen and oxygen atoms in total. The van der Waals surface area contributed by atoms with Gasteiger partial charge in [-0.15, -0.1) is 0 Å². The molecular weight excluding hydrogens is 298 g/mol. The van der Waals surface area contributed by atoms with E-state index in [1.165, 1.54) is 16.3 Å². The molecule has 0 aliphatic rings. The lowest BCUT2D eigenvalue weighted by Crippen LogP contribution is -2.25. The number of benzene rings is 2. The summed E-state index contributed by atoms with van der Waals surface area (Å²) in [4.78, 5) is 22.7. The first-order valence-electron chi connectivity index (χ1n) is 8.89. The second-order valence-corrected chi connectivity index (χ2v) is 6.35. The maximum Gasteiger partial charge on any atom is 0.220 e. The minimum atomic E-state index is 0.127. The van der Waals surface area contributed by atoms with Gasteiger partial charge < -0.3 is 10.1 Å². The Hall–Kier alpha value is -2.16. The molecule has 0 bridgehead atoms. The van der Waals surface area contributed by atoms with Gasteiger partial charge in [-0.1, -0.05) is 55.3 Å². The molecule has 0 saturated heterocycles. The Morgan fingerprint density at radius 1 is 0.875 bits per heavy atom. The zero-order valence-electron chi connectivity index (χ0n) is 14.5. The molecule has 0 unspecified atom stereocenters. The SMILES string of the molecule is CC(=O)CCCCCCC(=O)NCCc1cccc2ccccc12. The summed E-state index contributed by atoms with van der Waals surface area (Å²) in [5.41, 5.74) is 1.28. The number of carbonyl (C=O) groups is 2. The summed E-state index contributed by atoms with van der Waals surface area (Å²) in [6.07, 6.45) is 5.99. The van der Waals surface area contributed by atoms with E-state index in [0.717, 1.165) is 32.1 Å². The fraction of sp³-hybridized carbons (Fsp3) is 0.429. The predicted octanol–water partition coefficient (Wildman–Crippen LogP) is 4.43. The monoisotopic (exact) mass is 325 g/mol. The van der Waals surface area contributed by atoms with Gasteiger partial charge in [0.25, 0.3) is 0 Å². The number of amides is 1. The number of fused-ring (bicyclic) bond motifs is 1. The van der Waals surface area contributed by atoms with Gasteiger partial charge in [0.1, 0.15) is 5.78 Å². The molecule has 0 atom stereocenters. The molecular formula is C21H27NO2. The Balaban J connectivity index is 1.64. The lowest BCUT2D eigenvalue weighted by Gasteiger charge is -2.08. The summed E-state index contributed by atoms with van der Waals surface area (Å²) in [6.45, 7) is 2.31. The van der Waals surface area contributed by atoms with Crippen LogP contribution in [0.15, 0.2) is 42.5 Å². The van der Waals surface area contributed by atoms with Crippen LogP contribution in [-0.4, -0.2) is 18.2 Å². The van der Waals surface area contributed by atoms with Crippen LogP contribution in [0, 0.1) is 0 Å². The standard InChI is InChI=1S/C21H27NO2/c1-17(23)9-4-2-3-5-14-21(24)22-16-15-19-12-8-11-18-10-6-7-13-20(18)19/h6-8,10-13H,2-5,9,14-16H2,1H3,(H,22,24). The molecule has 0 saturated carbocycles. The highest BCUT2D eigenvalue weighted by molar-refractivity contribution is 5.85. The average Bonchev–Trinajstić information content (AvgIpc) is 2.58. The van der Waals surface area contributed by atoms with Gasteiger partial charge in [0, 0.05) is 19.4 Å². The van der Waals surface area contributed by atoms with Crippen molar-refractivity contribution in [2.45, 2.75) is 51.9 Å². The molecule has 1 amide bonds. The highest BCUT2D eigenvalue weighted by atomic mass is 16.1. The minimum absolute atomic E-state index is 0.127. The van der Waals surface area contributed by atoms with Gasteiger partial charge in [0.05, 0.1) is 0 Å². The Bertz CT molecular complexity index is 673. The van der Waals surface area contributed by atoms with E-state index >= 15 is 0 Å². The summed E-state index contributed by atoms with van der Waals surface area (Å²) >= 11 is 0. The van der Waals surface area contributed by atoms with Crippen molar-refractivity contribution in [3.63, 3.8) is 0 Å². The third-order valence-electron chi connectivity index (χ3n) is 4.28. The number of ketones is 1. The largest absolute Gasteiger partial charge is 0.356 e. The van der Waals surface area contributed by atoms with Crippen molar-refractivity contribution in [1.29, 1.82) is 0 Å². The van der Waals surface area contributed by atoms with Crippen LogP contribution in [0.4, 0.5) is 0 Å². The number of hydrogen-bond acceptors (Lipinski definition) is 2. The Labute approximate surface area is 144 Å². The molecule has 1 N–H and O–H groups in total. The van der Waals surface area contributed by atoms with Crippen LogP contribution >= 0.6 is 0 Å². The summed E-state index contributed by atoms with van der Waals surface area (Å²) in [6, 6.07) is 14.7. The van der Waals surface area contributed by atoms with Gasteiger partial charge in [-0.05, 0) is 42.5 Å². The van der Waals surface area contributed by atoms with E-state index in [4.69, 9.17) is 0 Å². The Kier molecular flexibility index (Phi) is 7.47. The third-order valence-corrected chi connectivity index (χ3v) is 4.28. The van der Waals surface area contributed by atoms with Crippen molar-refractivity contribution < 1.29 is 9.59 Å². The molecule has 2 aromatic carbocycles. The summed E-state index contributed by atoms with van der Waals surface area (Å²) in [7, 11) is 0. The molecule has 0 radical (unpaired) electrons. The molecule has 0 aliphatic carbocycles. The Morgan fingerprint density at radius 2 is 1.58 bits per heavy atom. The van der Waals surface area contributed by atoms with Crippen molar-refractivity contribution in [3.05, 3.63) is 48.0 Å². The molecule has 2 aromatic rings. The first-order valence-corrected chi connectivity index (χ1v) is 8.89. The first-order chi connectivity index (χ1) is 11.7. The number of hydrogen-bond donors (Lipinski definition) is 1. The van der Waals surface area contributed by atoms with Crippen LogP contribution in [0.5, 0.6) is 0 Å². The molecule has 0 spiro atoms. The second kappa shape index (κ2) is 9.86. The van der Waals surface area contributed by atoms with Crippen molar-refractivity contribution >= 4 is 22.5 Å². The van der Waals surface area contributed by atoms with Gasteiger partial charge in [0.15, 0.2) is 0 Å². The van der Waals surface area contributed by atoms with Gasteiger partial charge in [-0.2, -0.15) is 0 Å². The van der Waals surface area contributed by atoms with E-state index in [1.807, 2.05) is 6.07 Å². The van der Waals surface area contributed by atoms with E-state index in [1.54, 1.807) is 6.92 Å². The van der Waals surface area contributed by atoms with Crippen LogP contribution in [-0.2, 0) is 16.0 Å². The van der Waals surface area contributed by atoms with Crippen LogP contribution in [0.2, 0.25) is 0 Å². The number of carbonyl (C=O) groups excluding carboxylic acids is 2. The highest BCUT2D eigenvalue weighted by Crippen LogP contribution is 2.18. The van der Waals surface area contributed by atoms with Crippen LogP contribution in [0.1, 0.15) is 51.0 Å². The quantitative estimate of drug-likeness (QED) is 0.657. The molecule has 128 valence electrons. The van der Waals surface area contributed by atoms with E-state index in [-0.39, 0.29) is 11.7 Å². The number of rotatable bonds is 10. The van der Waals surface area contributed by atoms with Crippen LogP contribution in [0.25, 0.3) is 10.8 Å². The summed E-state index contributed by atoms with van der Waals surface area (Å²) < 4.78 is 0. The molecule has 0 fully saturated rings. The van der Waals surface area contributed by atoms with Crippen LogP contribution < -0.4 is 5.32 Å². The smallest absolute Gasteiger partial charge is 0.220 e. The van der Waals surface area contributed by atoms with Crippen molar-refractivity contribution in [1.82, 2.24) is 5.32 Å². The van der Waals surface area contributed by atoms with Gasteiger partial charge in [-0.25, -0.2) is 0 Å². The first kappa shape index (κ1) is 18.2. The zero-order chi connectivity index (χ0) is 17.2. The maximum absolute atomic E-state index is 11.9. The van der Waals surface area contributed by atoms with Crippen molar-refractivity contribution in [3.8, 4) is 0 Å².